The van der Waals surface area contributed by atoms with E-state index in [1.165, 1.54) is 21.5 Å². The Labute approximate surface area is 94.3 Å². The van der Waals surface area contributed by atoms with Gasteiger partial charge in [0.15, 0.2) is 0 Å². The Balaban J connectivity index is 2.37. The minimum absolute atomic E-state index is 0.895. The Morgan fingerprint density at radius 2 is 1.69 bits per heavy atom. The number of methoxy groups -OCH3 is 1. The summed E-state index contributed by atoms with van der Waals surface area (Å²) in [6, 6.07) is 19.6. The summed E-state index contributed by atoms with van der Waals surface area (Å²) in [6.07, 6.45) is 0. The lowest BCUT2D eigenvalue weighted by Gasteiger charge is -2.04. The minimum atomic E-state index is 0.895. The highest BCUT2D eigenvalue weighted by Crippen LogP contribution is 2.25. The minimum Gasteiger partial charge on any atom is -0.497 e. The van der Waals surface area contributed by atoms with Crippen LogP contribution in [0.3, 0.4) is 0 Å². The van der Waals surface area contributed by atoms with Crippen LogP contribution in [0.4, 0.5) is 0 Å². The molecule has 0 heterocycles. The second-order valence-corrected chi connectivity index (χ2v) is 3.84. The van der Waals surface area contributed by atoms with Crippen molar-refractivity contribution in [2.75, 3.05) is 7.11 Å². The van der Waals surface area contributed by atoms with Crippen molar-refractivity contribution in [1.82, 2.24) is 0 Å². The average molecular weight is 207 g/mol. The van der Waals surface area contributed by atoms with Crippen molar-refractivity contribution in [2.24, 2.45) is 0 Å². The molecule has 0 bridgehead atoms. The summed E-state index contributed by atoms with van der Waals surface area (Å²) in [4.78, 5) is 0. The molecule has 0 aliphatic rings. The normalized spacial score (nSPS) is 10.8. The van der Waals surface area contributed by atoms with E-state index < -0.39 is 0 Å². The molecule has 0 saturated carbocycles. The number of fused-ring (bicyclic) bond motifs is 2. The van der Waals surface area contributed by atoms with E-state index in [0.717, 1.165) is 5.75 Å². The molecular weight excluding hydrogens is 196 g/mol. The number of hydrogen-bond acceptors (Lipinski definition) is 1. The fourth-order valence-corrected chi connectivity index (χ4v) is 1.98. The highest BCUT2D eigenvalue weighted by molar-refractivity contribution is 5.98. The predicted molar refractivity (Wildman–Crippen MR) is 66.8 cm³/mol. The second-order valence-electron chi connectivity index (χ2n) is 3.84. The first kappa shape index (κ1) is 9.22. The van der Waals surface area contributed by atoms with E-state index in [0.29, 0.717) is 0 Å². The number of benzene rings is 3. The van der Waals surface area contributed by atoms with Gasteiger partial charge in [-0.2, -0.15) is 0 Å². The molecule has 0 fully saturated rings. The maximum absolute atomic E-state index is 5.23. The smallest absolute Gasteiger partial charge is 0.119 e. The third-order valence-electron chi connectivity index (χ3n) is 2.85. The van der Waals surface area contributed by atoms with Crippen LogP contribution in [0.25, 0.3) is 21.5 Å². The van der Waals surface area contributed by atoms with Crippen LogP contribution >= 0.6 is 0 Å². The highest BCUT2D eigenvalue weighted by Gasteiger charge is 1.99. The van der Waals surface area contributed by atoms with Gasteiger partial charge in [-0.3, -0.25) is 0 Å². The van der Waals surface area contributed by atoms with Crippen molar-refractivity contribution >= 4 is 21.5 Å². The van der Waals surface area contributed by atoms with E-state index in [1.54, 1.807) is 7.11 Å². The summed E-state index contributed by atoms with van der Waals surface area (Å²) < 4.78 is 5.23. The monoisotopic (exact) mass is 207 g/mol. The summed E-state index contributed by atoms with van der Waals surface area (Å²) >= 11 is 0. The molecule has 0 saturated heterocycles. The first-order chi connectivity index (χ1) is 7.86. The third kappa shape index (κ3) is 1.41. The second kappa shape index (κ2) is 3.53. The molecule has 0 spiro atoms. The SMILES string of the molecule is COc1ccc2cc3cc[c]cc3cc2c1. The molecule has 0 N–H and O–H groups in total. The standard InChI is InChI=1S/C15H11O/c1-16-15-7-6-13-8-11-4-2-3-5-12(11)9-14(13)10-15/h2,4-10H,1H3. The molecule has 77 valence electrons. The Bertz CT molecular complexity index is 656. The van der Waals surface area contributed by atoms with Crippen LogP contribution in [0.15, 0.2) is 48.5 Å². The zero-order valence-corrected chi connectivity index (χ0v) is 9.03. The molecular formula is C15H11O. The van der Waals surface area contributed by atoms with E-state index in [2.05, 4.69) is 36.4 Å². The van der Waals surface area contributed by atoms with Gasteiger partial charge in [-0.15, -0.1) is 0 Å². The van der Waals surface area contributed by atoms with Crippen LogP contribution in [0.2, 0.25) is 0 Å². The van der Waals surface area contributed by atoms with Gasteiger partial charge in [0.1, 0.15) is 5.75 Å². The van der Waals surface area contributed by atoms with Crippen LogP contribution in [0.5, 0.6) is 5.75 Å². The molecule has 1 nitrogen and oxygen atoms in total. The van der Waals surface area contributed by atoms with E-state index in [-0.39, 0.29) is 0 Å². The van der Waals surface area contributed by atoms with Crippen LogP contribution in [0, 0.1) is 6.07 Å². The summed E-state index contributed by atoms with van der Waals surface area (Å²) in [6.45, 7) is 0. The van der Waals surface area contributed by atoms with Gasteiger partial charge in [-0.1, -0.05) is 18.2 Å². The molecule has 3 aromatic rings. The fourth-order valence-electron chi connectivity index (χ4n) is 1.98. The van der Waals surface area contributed by atoms with Gasteiger partial charge in [0.25, 0.3) is 0 Å². The van der Waals surface area contributed by atoms with E-state index in [4.69, 9.17) is 4.74 Å². The van der Waals surface area contributed by atoms with Gasteiger partial charge >= 0.3 is 0 Å². The third-order valence-corrected chi connectivity index (χ3v) is 2.85. The van der Waals surface area contributed by atoms with E-state index in [1.807, 2.05) is 18.2 Å². The molecule has 0 atom stereocenters. The van der Waals surface area contributed by atoms with Crippen molar-refractivity contribution in [3.05, 3.63) is 54.6 Å². The highest BCUT2D eigenvalue weighted by atomic mass is 16.5. The molecule has 0 unspecified atom stereocenters. The molecule has 1 radical (unpaired) electrons. The number of ether oxygens (including phenoxy) is 1. The Morgan fingerprint density at radius 1 is 0.875 bits per heavy atom. The number of hydrogen-bond donors (Lipinski definition) is 0. The van der Waals surface area contributed by atoms with Gasteiger partial charge in [-0.25, -0.2) is 0 Å². The summed E-state index contributed by atoms with van der Waals surface area (Å²) in [5.41, 5.74) is 0. The fraction of sp³-hybridized carbons (Fsp3) is 0.0667. The Kier molecular flexibility index (Phi) is 2.03. The Hall–Kier alpha value is -2.02. The first-order valence-electron chi connectivity index (χ1n) is 5.24. The Morgan fingerprint density at radius 3 is 2.56 bits per heavy atom. The summed E-state index contributed by atoms with van der Waals surface area (Å²) in [7, 11) is 1.69. The number of rotatable bonds is 1. The molecule has 3 aromatic carbocycles. The maximum Gasteiger partial charge on any atom is 0.119 e. The van der Waals surface area contributed by atoms with Crippen LogP contribution in [-0.2, 0) is 0 Å². The molecule has 3 rings (SSSR count). The van der Waals surface area contributed by atoms with Crippen molar-refractivity contribution in [3.8, 4) is 5.75 Å². The maximum atomic E-state index is 5.23. The molecule has 0 aliphatic heterocycles. The topological polar surface area (TPSA) is 9.23 Å². The lowest BCUT2D eigenvalue weighted by molar-refractivity contribution is 0.415. The van der Waals surface area contributed by atoms with Crippen molar-refractivity contribution in [2.45, 2.75) is 0 Å². The van der Waals surface area contributed by atoms with E-state index in [9.17, 15) is 0 Å². The first-order valence-corrected chi connectivity index (χ1v) is 5.24. The zero-order valence-electron chi connectivity index (χ0n) is 9.03. The summed E-state index contributed by atoms with van der Waals surface area (Å²) in [5, 5.41) is 4.89. The molecule has 0 aliphatic carbocycles. The lowest BCUT2D eigenvalue weighted by atomic mass is 10.0. The van der Waals surface area contributed by atoms with Gasteiger partial charge in [0.2, 0.25) is 0 Å². The van der Waals surface area contributed by atoms with Crippen molar-refractivity contribution in [3.63, 3.8) is 0 Å². The van der Waals surface area contributed by atoms with Crippen molar-refractivity contribution in [1.29, 1.82) is 0 Å². The molecule has 1 heteroatoms. The van der Waals surface area contributed by atoms with Gasteiger partial charge in [-0.05, 0) is 57.9 Å². The summed E-state index contributed by atoms with van der Waals surface area (Å²) in [5.74, 6) is 0.895. The average Bonchev–Trinajstić information content (AvgIpc) is 2.35. The quantitative estimate of drug-likeness (QED) is 0.551. The largest absolute Gasteiger partial charge is 0.497 e. The lowest BCUT2D eigenvalue weighted by Crippen LogP contribution is -1.82. The van der Waals surface area contributed by atoms with E-state index >= 15 is 0 Å². The van der Waals surface area contributed by atoms with Crippen LogP contribution in [0.1, 0.15) is 0 Å². The molecule has 0 amide bonds. The molecule has 0 aromatic heterocycles. The van der Waals surface area contributed by atoms with Crippen LogP contribution in [-0.4, -0.2) is 7.11 Å². The van der Waals surface area contributed by atoms with Crippen LogP contribution < -0.4 is 4.74 Å². The predicted octanol–water partition coefficient (Wildman–Crippen LogP) is 3.80. The zero-order chi connectivity index (χ0) is 11.0. The van der Waals surface area contributed by atoms with Gasteiger partial charge in [0, 0.05) is 0 Å². The molecule has 16 heavy (non-hydrogen) atoms. The van der Waals surface area contributed by atoms with Gasteiger partial charge in [0.05, 0.1) is 7.11 Å². The van der Waals surface area contributed by atoms with Gasteiger partial charge < -0.3 is 4.74 Å². The van der Waals surface area contributed by atoms with Crippen molar-refractivity contribution < 1.29 is 4.74 Å².